The maximum atomic E-state index is 11.8. The van der Waals surface area contributed by atoms with Gasteiger partial charge in [0.2, 0.25) is 5.76 Å². The van der Waals surface area contributed by atoms with Crippen LogP contribution in [-0.4, -0.2) is 43.6 Å². The smallest absolute Gasteiger partial charge is 0.374 e. The monoisotopic (exact) mass is 295 g/mol. The van der Waals surface area contributed by atoms with Crippen LogP contribution in [-0.2, 0) is 20.8 Å². The van der Waals surface area contributed by atoms with Crippen LogP contribution in [0, 0.1) is 5.92 Å². The topological polar surface area (TPSA) is 69.0 Å². The maximum absolute atomic E-state index is 11.8. The van der Waals surface area contributed by atoms with Crippen molar-refractivity contribution in [2.45, 2.75) is 26.3 Å². The number of furan rings is 1. The minimum Gasteiger partial charge on any atom is -0.466 e. The molecule has 6 nitrogen and oxygen atoms in total. The highest BCUT2D eigenvalue weighted by molar-refractivity contribution is 5.87. The lowest BCUT2D eigenvalue weighted by Gasteiger charge is -2.31. The van der Waals surface area contributed by atoms with Crippen LogP contribution in [0.15, 0.2) is 16.7 Å². The first-order valence-electron chi connectivity index (χ1n) is 7.19. The van der Waals surface area contributed by atoms with Crippen molar-refractivity contribution < 1.29 is 23.5 Å². The van der Waals surface area contributed by atoms with Crippen molar-refractivity contribution >= 4 is 11.9 Å². The van der Waals surface area contributed by atoms with Crippen molar-refractivity contribution in [2.24, 2.45) is 5.92 Å². The lowest BCUT2D eigenvalue weighted by atomic mass is 9.98. The predicted octanol–water partition coefficient (Wildman–Crippen LogP) is 1.84. The van der Waals surface area contributed by atoms with E-state index in [0.717, 1.165) is 24.9 Å². The van der Waals surface area contributed by atoms with Gasteiger partial charge in [-0.1, -0.05) is 0 Å². The van der Waals surface area contributed by atoms with Gasteiger partial charge in [-0.3, -0.25) is 9.69 Å². The van der Waals surface area contributed by atoms with Crippen LogP contribution in [0.5, 0.6) is 0 Å². The average molecular weight is 295 g/mol. The zero-order valence-corrected chi connectivity index (χ0v) is 12.5. The number of esters is 2. The second-order valence-electron chi connectivity index (χ2n) is 5.09. The van der Waals surface area contributed by atoms with E-state index in [-0.39, 0.29) is 17.6 Å². The SMILES string of the molecule is CCOC(=O)[C@H]1CCCN(Cc2ccoc2C(=O)OC)C1. The van der Waals surface area contributed by atoms with Gasteiger partial charge in [0, 0.05) is 18.7 Å². The fraction of sp³-hybridized carbons (Fsp3) is 0.600. The number of ether oxygens (including phenoxy) is 2. The maximum Gasteiger partial charge on any atom is 0.374 e. The number of carbonyl (C=O) groups is 2. The summed E-state index contributed by atoms with van der Waals surface area (Å²) in [5.41, 5.74) is 0.784. The molecule has 1 aromatic heterocycles. The third-order valence-corrected chi connectivity index (χ3v) is 3.64. The van der Waals surface area contributed by atoms with E-state index < -0.39 is 5.97 Å². The van der Waals surface area contributed by atoms with E-state index in [9.17, 15) is 9.59 Å². The molecule has 21 heavy (non-hydrogen) atoms. The third-order valence-electron chi connectivity index (χ3n) is 3.64. The predicted molar refractivity (Wildman–Crippen MR) is 74.7 cm³/mol. The van der Waals surface area contributed by atoms with Gasteiger partial charge in [0.15, 0.2) is 0 Å². The Bertz CT molecular complexity index is 496. The van der Waals surface area contributed by atoms with Crippen LogP contribution in [0.25, 0.3) is 0 Å². The number of piperidine rings is 1. The van der Waals surface area contributed by atoms with Gasteiger partial charge in [0.05, 0.1) is 25.9 Å². The van der Waals surface area contributed by atoms with Gasteiger partial charge in [-0.15, -0.1) is 0 Å². The molecule has 0 N–H and O–H groups in total. The van der Waals surface area contributed by atoms with Gasteiger partial charge in [0.25, 0.3) is 0 Å². The van der Waals surface area contributed by atoms with Gasteiger partial charge >= 0.3 is 11.9 Å². The molecule has 0 aromatic carbocycles. The number of likely N-dealkylation sites (tertiary alicyclic amines) is 1. The first-order valence-corrected chi connectivity index (χ1v) is 7.19. The third kappa shape index (κ3) is 3.85. The van der Waals surface area contributed by atoms with Crippen molar-refractivity contribution in [3.05, 3.63) is 23.7 Å². The Kier molecular flexibility index (Phi) is 5.38. The van der Waals surface area contributed by atoms with Gasteiger partial charge in [-0.25, -0.2) is 4.79 Å². The Labute approximate surface area is 124 Å². The molecule has 1 atom stereocenters. The van der Waals surface area contributed by atoms with E-state index in [4.69, 9.17) is 13.9 Å². The summed E-state index contributed by atoms with van der Waals surface area (Å²) in [4.78, 5) is 25.6. The molecule has 0 spiro atoms. The summed E-state index contributed by atoms with van der Waals surface area (Å²) in [5.74, 6) is -0.473. The molecule has 0 amide bonds. The molecule has 1 aliphatic heterocycles. The molecule has 1 saturated heterocycles. The molecule has 6 heteroatoms. The van der Waals surface area contributed by atoms with Gasteiger partial charge < -0.3 is 13.9 Å². The molecular formula is C15H21NO5. The zero-order valence-electron chi connectivity index (χ0n) is 12.5. The van der Waals surface area contributed by atoms with E-state index in [1.165, 1.54) is 13.4 Å². The lowest BCUT2D eigenvalue weighted by molar-refractivity contribution is -0.150. The van der Waals surface area contributed by atoms with E-state index in [1.54, 1.807) is 6.07 Å². The molecule has 0 saturated carbocycles. The van der Waals surface area contributed by atoms with Crippen molar-refractivity contribution in [2.75, 3.05) is 26.8 Å². The highest BCUT2D eigenvalue weighted by Gasteiger charge is 2.28. The Hall–Kier alpha value is -1.82. The molecule has 0 radical (unpaired) electrons. The summed E-state index contributed by atoms with van der Waals surface area (Å²) in [6.45, 7) is 4.32. The van der Waals surface area contributed by atoms with E-state index in [1.807, 2.05) is 6.92 Å². The highest BCUT2D eigenvalue weighted by atomic mass is 16.5. The summed E-state index contributed by atoms with van der Waals surface area (Å²) in [7, 11) is 1.33. The summed E-state index contributed by atoms with van der Waals surface area (Å²) in [6.07, 6.45) is 3.27. The summed E-state index contributed by atoms with van der Waals surface area (Å²) in [5, 5.41) is 0. The molecule has 2 rings (SSSR count). The first-order chi connectivity index (χ1) is 10.2. The quantitative estimate of drug-likeness (QED) is 0.772. The second kappa shape index (κ2) is 7.26. The van der Waals surface area contributed by atoms with Crippen LogP contribution in [0.3, 0.4) is 0 Å². The molecule has 0 bridgehead atoms. The average Bonchev–Trinajstić information content (AvgIpc) is 2.95. The molecule has 0 aliphatic carbocycles. The molecule has 1 aromatic rings. The van der Waals surface area contributed by atoms with E-state index >= 15 is 0 Å². The molecule has 116 valence electrons. The Morgan fingerprint density at radius 2 is 2.29 bits per heavy atom. The number of carbonyl (C=O) groups excluding carboxylic acids is 2. The number of rotatable bonds is 5. The van der Waals surface area contributed by atoms with Crippen LogP contribution >= 0.6 is 0 Å². The Morgan fingerprint density at radius 1 is 1.48 bits per heavy atom. The minimum absolute atomic E-state index is 0.0906. The Morgan fingerprint density at radius 3 is 3.00 bits per heavy atom. The fourth-order valence-corrected chi connectivity index (χ4v) is 2.62. The van der Waals surface area contributed by atoms with Crippen LogP contribution in [0.4, 0.5) is 0 Å². The highest BCUT2D eigenvalue weighted by Crippen LogP contribution is 2.21. The number of methoxy groups -OCH3 is 1. The second-order valence-corrected chi connectivity index (χ2v) is 5.09. The molecular weight excluding hydrogens is 274 g/mol. The summed E-state index contributed by atoms with van der Waals surface area (Å²) in [6, 6.07) is 1.76. The number of nitrogens with zero attached hydrogens (tertiary/aromatic N) is 1. The normalized spacial score (nSPS) is 19.2. The van der Waals surface area contributed by atoms with Crippen LogP contribution < -0.4 is 0 Å². The number of hydrogen-bond acceptors (Lipinski definition) is 6. The lowest BCUT2D eigenvalue weighted by Crippen LogP contribution is -2.39. The number of hydrogen-bond donors (Lipinski definition) is 0. The largest absolute Gasteiger partial charge is 0.466 e. The standard InChI is InChI=1S/C15H21NO5/c1-3-20-14(17)12-5-4-7-16(10-12)9-11-6-8-21-13(11)15(18)19-2/h6,8,12H,3-5,7,9-10H2,1-2H3/t12-/m0/s1. The van der Waals surface area contributed by atoms with Gasteiger partial charge in [-0.05, 0) is 32.4 Å². The van der Waals surface area contributed by atoms with Crippen LogP contribution in [0.2, 0.25) is 0 Å². The molecule has 1 fully saturated rings. The fourth-order valence-electron chi connectivity index (χ4n) is 2.62. The van der Waals surface area contributed by atoms with Crippen molar-refractivity contribution in [3.63, 3.8) is 0 Å². The van der Waals surface area contributed by atoms with Crippen molar-refractivity contribution in [1.29, 1.82) is 0 Å². The van der Waals surface area contributed by atoms with Gasteiger partial charge in [0.1, 0.15) is 0 Å². The summed E-state index contributed by atoms with van der Waals surface area (Å²) >= 11 is 0. The van der Waals surface area contributed by atoms with Gasteiger partial charge in [-0.2, -0.15) is 0 Å². The molecule has 1 aliphatic rings. The first kappa shape index (κ1) is 15.6. The molecule has 0 unspecified atom stereocenters. The summed E-state index contributed by atoms with van der Waals surface area (Å²) < 4.78 is 15.0. The van der Waals surface area contributed by atoms with E-state index in [2.05, 4.69) is 4.90 Å². The zero-order chi connectivity index (χ0) is 15.2. The Balaban J connectivity index is 1.98. The van der Waals surface area contributed by atoms with E-state index in [0.29, 0.717) is 19.7 Å². The molecule has 2 heterocycles. The van der Waals surface area contributed by atoms with Crippen molar-refractivity contribution in [1.82, 2.24) is 4.90 Å². The van der Waals surface area contributed by atoms with Crippen molar-refractivity contribution in [3.8, 4) is 0 Å². The van der Waals surface area contributed by atoms with Crippen LogP contribution in [0.1, 0.15) is 35.9 Å². The minimum atomic E-state index is -0.478.